The number of fused-ring (bicyclic) bond motifs is 1. The Morgan fingerprint density at radius 3 is 2.44 bits per heavy atom. The maximum atomic E-state index is 13.3. The van der Waals surface area contributed by atoms with Gasteiger partial charge in [-0.3, -0.25) is 4.98 Å². The topological polar surface area (TPSA) is 54.5 Å². The summed E-state index contributed by atoms with van der Waals surface area (Å²) in [5.41, 5.74) is 0.203. The summed E-state index contributed by atoms with van der Waals surface area (Å²) in [7, 11) is 3.87. The van der Waals surface area contributed by atoms with Gasteiger partial charge < -0.3 is 15.0 Å². The van der Waals surface area contributed by atoms with Crippen LogP contribution in [-0.2, 0) is 10.9 Å². The first-order valence-corrected chi connectivity index (χ1v) is 9.40. The molecule has 0 radical (unpaired) electrons. The molecule has 5 nitrogen and oxygen atoms in total. The number of alkyl halides is 3. The van der Waals surface area contributed by atoms with Gasteiger partial charge in [-0.2, -0.15) is 13.2 Å². The second kappa shape index (κ2) is 11.9. The molecule has 0 saturated heterocycles. The van der Waals surface area contributed by atoms with Crippen molar-refractivity contribution >= 4 is 53.1 Å². The largest absolute Gasteiger partial charge is 0.462 e. The Morgan fingerprint density at radius 1 is 1.03 bits per heavy atom. The van der Waals surface area contributed by atoms with E-state index < -0.39 is 17.7 Å². The van der Waals surface area contributed by atoms with E-state index in [4.69, 9.17) is 4.74 Å². The molecule has 1 aromatic heterocycles. The zero-order valence-corrected chi connectivity index (χ0v) is 19.1. The van der Waals surface area contributed by atoms with Gasteiger partial charge in [-0.1, -0.05) is 24.3 Å². The lowest BCUT2D eigenvalue weighted by molar-refractivity contribution is -0.136. The molecule has 10 heteroatoms. The lowest BCUT2D eigenvalue weighted by atomic mass is 10.1. The van der Waals surface area contributed by atoms with E-state index >= 15 is 0 Å². The highest BCUT2D eigenvalue weighted by molar-refractivity contribution is 6.00. The minimum absolute atomic E-state index is 0. The van der Waals surface area contributed by atoms with Crippen LogP contribution in [0.25, 0.3) is 10.9 Å². The van der Waals surface area contributed by atoms with Crippen molar-refractivity contribution in [3.05, 3.63) is 65.9 Å². The van der Waals surface area contributed by atoms with Gasteiger partial charge in [0.1, 0.15) is 0 Å². The fourth-order valence-electron chi connectivity index (χ4n) is 3.05. The predicted octanol–water partition coefficient (Wildman–Crippen LogP) is 5.95. The van der Waals surface area contributed by atoms with Gasteiger partial charge in [0, 0.05) is 23.8 Å². The Bertz CT molecular complexity index is 1050. The third-order valence-corrected chi connectivity index (χ3v) is 4.48. The van der Waals surface area contributed by atoms with Crippen molar-refractivity contribution in [2.45, 2.75) is 12.6 Å². The molecule has 3 aromatic rings. The maximum absolute atomic E-state index is 13.3. The van der Waals surface area contributed by atoms with Crippen LogP contribution in [0.4, 0.5) is 24.5 Å². The molecule has 2 aromatic carbocycles. The number of esters is 1. The van der Waals surface area contributed by atoms with E-state index in [9.17, 15) is 18.0 Å². The fourth-order valence-corrected chi connectivity index (χ4v) is 3.05. The summed E-state index contributed by atoms with van der Waals surface area (Å²) < 4.78 is 45.3. The van der Waals surface area contributed by atoms with E-state index in [0.29, 0.717) is 28.7 Å². The molecule has 0 fully saturated rings. The molecule has 0 unspecified atom stereocenters. The van der Waals surface area contributed by atoms with Crippen molar-refractivity contribution < 1.29 is 22.7 Å². The van der Waals surface area contributed by atoms with E-state index in [-0.39, 0.29) is 36.9 Å². The van der Waals surface area contributed by atoms with E-state index in [2.05, 4.69) is 10.3 Å². The Kier molecular flexibility index (Phi) is 10.2. The second-order valence-corrected chi connectivity index (χ2v) is 7.02. The molecule has 0 bridgehead atoms. The molecule has 3 rings (SSSR count). The van der Waals surface area contributed by atoms with Crippen molar-refractivity contribution in [1.29, 1.82) is 0 Å². The van der Waals surface area contributed by atoms with Crippen molar-refractivity contribution in [3.8, 4) is 0 Å². The van der Waals surface area contributed by atoms with Crippen molar-refractivity contribution in [3.63, 3.8) is 0 Å². The molecule has 0 spiro atoms. The molecule has 1 N–H and O–H groups in total. The number of rotatable bonds is 7. The Balaban J connectivity index is 0.00000256. The summed E-state index contributed by atoms with van der Waals surface area (Å²) in [5.74, 6) is -0.494. The first kappa shape index (κ1) is 27.5. The average molecular weight is 490 g/mol. The van der Waals surface area contributed by atoms with Gasteiger partial charge >= 0.3 is 12.1 Å². The van der Waals surface area contributed by atoms with Crippen LogP contribution < -0.4 is 5.32 Å². The standard InChI is InChI=1S/C22H22F3N3O2.2ClH/c1-28(2)13-6-14-30-21(29)16-7-3-4-10-18(16)27-19-11-12-26-20-15(19)8-5-9-17(20)22(23,24)25;;/h3-5,7-12H,6,13-14H2,1-2H3,(H,26,27);2*1H. The Hall–Kier alpha value is -2.55. The average Bonchev–Trinajstić information content (AvgIpc) is 2.70. The molecular formula is C22H24Cl2F3N3O2. The number of carbonyl (C=O) groups is 1. The zero-order chi connectivity index (χ0) is 21.7. The van der Waals surface area contributed by atoms with Gasteiger partial charge in [0.25, 0.3) is 0 Å². The van der Waals surface area contributed by atoms with Gasteiger partial charge in [-0.15, -0.1) is 24.8 Å². The second-order valence-electron chi connectivity index (χ2n) is 7.02. The molecule has 32 heavy (non-hydrogen) atoms. The van der Waals surface area contributed by atoms with Crippen LogP contribution >= 0.6 is 24.8 Å². The van der Waals surface area contributed by atoms with Crippen molar-refractivity contribution in [1.82, 2.24) is 9.88 Å². The van der Waals surface area contributed by atoms with Gasteiger partial charge in [0.2, 0.25) is 0 Å². The first-order chi connectivity index (χ1) is 14.3. The fraction of sp³-hybridized carbons (Fsp3) is 0.273. The normalized spacial score (nSPS) is 10.9. The maximum Gasteiger partial charge on any atom is 0.418 e. The van der Waals surface area contributed by atoms with Crippen LogP contribution in [0.15, 0.2) is 54.7 Å². The lowest BCUT2D eigenvalue weighted by Crippen LogP contribution is -2.16. The number of para-hydroxylation sites is 2. The molecule has 1 heterocycles. The number of hydrogen-bond acceptors (Lipinski definition) is 5. The number of aromatic nitrogens is 1. The van der Waals surface area contributed by atoms with Crippen LogP contribution in [0.1, 0.15) is 22.3 Å². The number of ether oxygens (including phenoxy) is 1. The number of nitrogens with one attached hydrogen (secondary N) is 1. The number of nitrogens with zero attached hydrogens (tertiary/aromatic N) is 2. The molecular weight excluding hydrogens is 466 g/mol. The molecule has 0 saturated carbocycles. The number of pyridine rings is 1. The van der Waals surface area contributed by atoms with Gasteiger partial charge in [0.05, 0.1) is 28.9 Å². The Morgan fingerprint density at radius 2 is 1.75 bits per heavy atom. The lowest BCUT2D eigenvalue weighted by Gasteiger charge is -2.15. The minimum Gasteiger partial charge on any atom is -0.462 e. The third-order valence-electron chi connectivity index (χ3n) is 4.48. The van der Waals surface area contributed by atoms with Crippen LogP contribution in [0.3, 0.4) is 0 Å². The van der Waals surface area contributed by atoms with E-state index in [1.54, 1.807) is 36.4 Å². The molecule has 0 amide bonds. The number of benzene rings is 2. The number of anilines is 2. The summed E-state index contributed by atoms with van der Waals surface area (Å²) in [6.07, 6.45) is -2.51. The van der Waals surface area contributed by atoms with Crippen LogP contribution in [0.5, 0.6) is 0 Å². The summed E-state index contributed by atoms with van der Waals surface area (Å²) in [6.45, 7) is 1.07. The first-order valence-electron chi connectivity index (χ1n) is 9.40. The quantitative estimate of drug-likeness (QED) is 0.328. The number of hydrogen-bond donors (Lipinski definition) is 1. The van der Waals surface area contributed by atoms with Gasteiger partial charge in [0.15, 0.2) is 0 Å². The smallest absolute Gasteiger partial charge is 0.418 e. The molecule has 0 aliphatic heterocycles. The van der Waals surface area contributed by atoms with E-state index in [0.717, 1.165) is 12.6 Å². The number of halogens is 5. The highest BCUT2D eigenvalue weighted by Crippen LogP contribution is 2.36. The van der Waals surface area contributed by atoms with Crippen molar-refractivity contribution in [2.24, 2.45) is 0 Å². The third kappa shape index (κ3) is 6.72. The van der Waals surface area contributed by atoms with Crippen LogP contribution in [0, 0.1) is 0 Å². The predicted molar refractivity (Wildman–Crippen MR) is 124 cm³/mol. The molecule has 0 aliphatic rings. The van der Waals surface area contributed by atoms with E-state index in [1.165, 1.54) is 12.3 Å². The van der Waals surface area contributed by atoms with Crippen LogP contribution in [-0.4, -0.2) is 43.1 Å². The molecule has 174 valence electrons. The zero-order valence-electron chi connectivity index (χ0n) is 17.5. The summed E-state index contributed by atoms with van der Waals surface area (Å²) in [5, 5.41) is 3.37. The number of carbonyl (C=O) groups excluding carboxylic acids is 1. The highest BCUT2D eigenvalue weighted by atomic mass is 35.5. The summed E-state index contributed by atoms with van der Waals surface area (Å²) >= 11 is 0. The van der Waals surface area contributed by atoms with Gasteiger partial charge in [-0.05, 0) is 44.8 Å². The highest BCUT2D eigenvalue weighted by Gasteiger charge is 2.33. The van der Waals surface area contributed by atoms with E-state index in [1.807, 2.05) is 19.0 Å². The molecule has 0 atom stereocenters. The van der Waals surface area contributed by atoms with Crippen LogP contribution in [0.2, 0.25) is 0 Å². The minimum atomic E-state index is -4.51. The molecule has 0 aliphatic carbocycles. The summed E-state index contributed by atoms with van der Waals surface area (Å²) in [4.78, 5) is 18.4. The monoisotopic (exact) mass is 489 g/mol. The van der Waals surface area contributed by atoms with Crippen molar-refractivity contribution in [2.75, 3.05) is 32.6 Å². The SMILES string of the molecule is CN(C)CCCOC(=O)c1ccccc1Nc1ccnc2c(C(F)(F)F)cccc12.Cl.Cl. The summed E-state index contributed by atoms with van der Waals surface area (Å²) in [6, 6.07) is 12.2. The van der Waals surface area contributed by atoms with Gasteiger partial charge in [-0.25, -0.2) is 4.79 Å². The Labute approximate surface area is 196 Å².